The van der Waals surface area contributed by atoms with Gasteiger partial charge in [0.1, 0.15) is 5.69 Å². The number of halogens is 3. The molecular formula is C19H17F3N2O5. The van der Waals surface area contributed by atoms with E-state index in [4.69, 9.17) is 4.74 Å². The molecule has 0 bridgehead atoms. The van der Waals surface area contributed by atoms with E-state index in [2.05, 4.69) is 10.3 Å². The molecule has 7 nitrogen and oxygen atoms in total. The number of amides is 1. The molecule has 0 atom stereocenters. The summed E-state index contributed by atoms with van der Waals surface area (Å²) in [5.74, 6) is -2.46. The van der Waals surface area contributed by atoms with Gasteiger partial charge in [-0.25, -0.2) is 4.79 Å². The Morgan fingerprint density at radius 3 is 2.45 bits per heavy atom. The summed E-state index contributed by atoms with van der Waals surface area (Å²) in [6.45, 7) is 1.91. The molecule has 2 rings (SSSR count). The van der Waals surface area contributed by atoms with Crippen LogP contribution in [0.2, 0.25) is 0 Å². The van der Waals surface area contributed by atoms with Crippen molar-refractivity contribution >= 4 is 17.8 Å². The average molecular weight is 410 g/mol. The van der Waals surface area contributed by atoms with Crippen LogP contribution in [-0.2, 0) is 15.7 Å². The maximum Gasteiger partial charge on any atom is 0.416 e. The van der Waals surface area contributed by atoms with Gasteiger partial charge in [-0.1, -0.05) is 6.07 Å². The number of nitrogens with zero attached hydrogens (tertiary/aromatic N) is 1. The number of hydrogen-bond acceptors (Lipinski definition) is 5. The minimum atomic E-state index is -4.64. The van der Waals surface area contributed by atoms with E-state index in [0.717, 1.165) is 18.3 Å². The summed E-state index contributed by atoms with van der Waals surface area (Å²) in [5, 5.41) is 11.7. The maximum atomic E-state index is 13.0. The third-order valence-electron chi connectivity index (χ3n) is 3.80. The molecule has 0 unspecified atom stereocenters. The molecule has 0 spiro atoms. The van der Waals surface area contributed by atoms with Gasteiger partial charge in [-0.15, -0.1) is 0 Å². The Kier molecular flexibility index (Phi) is 6.92. The summed E-state index contributed by atoms with van der Waals surface area (Å²) in [7, 11) is 0. The minimum Gasteiger partial charge on any atom is -0.478 e. The zero-order valence-corrected chi connectivity index (χ0v) is 15.2. The number of carbonyl (C=O) groups is 3. The summed E-state index contributed by atoms with van der Waals surface area (Å²) >= 11 is 0. The third kappa shape index (κ3) is 5.77. The van der Waals surface area contributed by atoms with Gasteiger partial charge in [0.15, 0.2) is 0 Å². The second-order valence-electron chi connectivity index (χ2n) is 5.81. The Bertz CT molecular complexity index is 911. The van der Waals surface area contributed by atoms with Crippen LogP contribution in [0, 0.1) is 0 Å². The molecule has 0 radical (unpaired) electrons. The van der Waals surface area contributed by atoms with Gasteiger partial charge >= 0.3 is 18.1 Å². The maximum absolute atomic E-state index is 13.0. The van der Waals surface area contributed by atoms with Crippen LogP contribution < -0.4 is 5.32 Å². The molecule has 0 aliphatic carbocycles. The number of rotatable bonds is 7. The molecule has 1 amide bonds. The van der Waals surface area contributed by atoms with Crippen LogP contribution in [0.15, 0.2) is 36.5 Å². The number of ether oxygens (including phenoxy) is 1. The lowest BCUT2D eigenvalue weighted by atomic mass is 9.98. The minimum absolute atomic E-state index is 0.0239. The van der Waals surface area contributed by atoms with E-state index in [1.807, 2.05) is 0 Å². The molecule has 1 aromatic heterocycles. The predicted molar refractivity (Wildman–Crippen MR) is 95.2 cm³/mol. The van der Waals surface area contributed by atoms with E-state index in [-0.39, 0.29) is 42.0 Å². The average Bonchev–Trinajstić information content (AvgIpc) is 2.67. The summed E-state index contributed by atoms with van der Waals surface area (Å²) in [6.07, 6.45) is -3.55. The predicted octanol–water partition coefficient (Wildman–Crippen LogP) is 3.15. The number of esters is 1. The second kappa shape index (κ2) is 9.18. The lowest BCUT2D eigenvalue weighted by molar-refractivity contribution is -0.143. The van der Waals surface area contributed by atoms with Crippen LogP contribution >= 0.6 is 0 Å². The van der Waals surface area contributed by atoms with Crippen molar-refractivity contribution in [2.45, 2.75) is 19.5 Å². The molecule has 0 saturated heterocycles. The first-order chi connectivity index (χ1) is 13.6. The molecule has 29 heavy (non-hydrogen) atoms. The van der Waals surface area contributed by atoms with Crippen molar-refractivity contribution in [3.05, 3.63) is 53.3 Å². The van der Waals surface area contributed by atoms with Gasteiger partial charge < -0.3 is 15.2 Å². The molecule has 154 valence electrons. The van der Waals surface area contributed by atoms with Crippen molar-refractivity contribution in [3.8, 4) is 11.1 Å². The molecule has 0 fully saturated rings. The Morgan fingerprint density at radius 1 is 1.17 bits per heavy atom. The van der Waals surface area contributed by atoms with Crippen LogP contribution in [0.25, 0.3) is 11.1 Å². The number of benzene rings is 1. The molecular weight excluding hydrogens is 393 g/mol. The van der Waals surface area contributed by atoms with Gasteiger partial charge in [-0.2, -0.15) is 13.2 Å². The Hall–Kier alpha value is -3.43. The Morgan fingerprint density at radius 2 is 1.90 bits per heavy atom. The number of carboxylic acids is 1. The van der Waals surface area contributed by atoms with Gasteiger partial charge in [0.2, 0.25) is 0 Å². The lowest BCUT2D eigenvalue weighted by Gasteiger charge is -2.12. The Labute approximate surface area is 163 Å². The smallest absolute Gasteiger partial charge is 0.416 e. The summed E-state index contributed by atoms with van der Waals surface area (Å²) in [4.78, 5) is 38.5. The largest absolute Gasteiger partial charge is 0.478 e. The van der Waals surface area contributed by atoms with Crippen LogP contribution in [-0.4, -0.2) is 41.1 Å². The van der Waals surface area contributed by atoms with Crippen LogP contribution in [0.4, 0.5) is 13.2 Å². The number of aromatic nitrogens is 1. The number of aromatic carboxylic acids is 1. The van der Waals surface area contributed by atoms with Crippen molar-refractivity contribution in [1.82, 2.24) is 10.3 Å². The highest BCUT2D eigenvalue weighted by Crippen LogP contribution is 2.34. The van der Waals surface area contributed by atoms with Gasteiger partial charge in [0, 0.05) is 18.3 Å². The molecule has 2 aromatic rings. The van der Waals surface area contributed by atoms with Crippen LogP contribution in [0.5, 0.6) is 0 Å². The fourth-order valence-electron chi connectivity index (χ4n) is 2.44. The van der Waals surface area contributed by atoms with Crippen molar-refractivity contribution in [1.29, 1.82) is 0 Å². The monoisotopic (exact) mass is 410 g/mol. The summed E-state index contributed by atoms with van der Waals surface area (Å²) in [6, 6.07) is 4.83. The van der Waals surface area contributed by atoms with Gasteiger partial charge in [0.05, 0.1) is 24.2 Å². The zero-order chi connectivity index (χ0) is 21.6. The number of carbonyl (C=O) groups excluding carboxylic acids is 2. The highest BCUT2D eigenvalue weighted by molar-refractivity contribution is 5.97. The van der Waals surface area contributed by atoms with Crippen LogP contribution in [0.1, 0.15) is 39.8 Å². The molecule has 10 heteroatoms. The second-order valence-corrected chi connectivity index (χ2v) is 5.81. The first-order valence-electron chi connectivity index (χ1n) is 8.48. The third-order valence-corrected chi connectivity index (χ3v) is 3.80. The van der Waals surface area contributed by atoms with Gasteiger partial charge in [-0.3, -0.25) is 14.6 Å². The normalized spacial score (nSPS) is 11.0. The summed E-state index contributed by atoms with van der Waals surface area (Å²) in [5.41, 5.74) is -1.43. The number of pyridine rings is 1. The SMILES string of the molecule is CCOC(=O)CCNC(=O)c1ccc(-c2cc(C(F)(F)F)ccc2C(=O)O)cn1. The first-order valence-corrected chi connectivity index (χ1v) is 8.48. The number of hydrogen-bond donors (Lipinski definition) is 2. The highest BCUT2D eigenvalue weighted by Gasteiger charge is 2.31. The lowest BCUT2D eigenvalue weighted by Crippen LogP contribution is -2.27. The molecule has 1 aromatic carbocycles. The number of alkyl halides is 3. The number of carboxylic acid groups (broad SMARTS) is 1. The molecule has 2 N–H and O–H groups in total. The quantitative estimate of drug-likeness (QED) is 0.680. The van der Waals surface area contributed by atoms with Crippen molar-refractivity contribution in [2.75, 3.05) is 13.2 Å². The van der Waals surface area contributed by atoms with E-state index in [0.29, 0.717) is 6.07 Å². The fraction of sp³-hybridized carbons (Fsp3) is 0.263. The topological polar surface area (TPSA) is 106 Å². The van der Waals surface area contributed by atoms with E-state index in [1.54, 1.807) is 6.92 Å². The highest BCUT2D eigenvalue weighted by atomic mass is 19.4. The fourth-order valence-corrected chi connectivity index (χ4v) is 2.44. The van der Waals surface area contributed by atoms with Crippen molar-refractivity contribution in [2.24, 2.45) is 0 Å². The summed E-state index contributed by atoms with van der Waals surface area (Å²) < 4.78 is 43.6. The van der Waals surface area contributed by atoms with Crippen molar-refractivity contribution < 1.29 is 37.4 Å². The van der Waals surface area contributed by atoms with Crippen molar-refractivity contribution in [3.63, 3.8) is 0 Å². The Balaban J connectivity index is 2.20. The molecule has 0 saturated carbocycles. The van der Waals surface area contributed by atoms with E-state index >= 15 is 0 Å². The zero-order valence-electron chi connectivity index (χ0n) is 15.2. The molecule has 0 aliphatic rings. The number of nitrogens with one attached hydrogen (secondary N) is 1. The van der Waals surface area contributed by atoms with E-state index in [1.165, 1.54) is 12.1 Å². The van der Waals surface area contributed by atoms with Crippen LogP contribution in [0.3, 0.4) is 0 Å². The standard InChI is InChI=1S/C19H17F3N2O5/c1-2-29-16(25)7-8-23-17(26)15-6-3-11(10-24-15)14-9-12(19(20,21)22)4-5-13(14)18(27)28/h3-6,9-10H,2,7-8H2,1H3,(H,23,26)(H,27,28). The first kappa shape index (κ1) is 21.9. The molecule has 1 heterocycles. The molecule has 0 aliphatic heterocycles. The van der Waals surface area contributed by atoms with Gasteiger partial charge in [-0.05, 0) is 36.8 Å². The van der Waals surface area contributed by atoms with Gasteiger partial charge in [0.25, 0.3) is 5.91 Å². The van der Waals surface area contributed by atoms with E-state index < -0.39 is 29.6 Å². The van der Waals surface area contributed by atoms with E-state index in [9.17, 15) is 32.7 Å².